The van der Waals surface area contributed by atoms with Gasteiger partial charge in [0.25, 0.3) is 0 Å². The molecule has 1 aromatic heterocycles. The van der Waals surface area contributed by atoms with Crippen LogP contribution < -0.4 is 5.32 Å². The Hall–Kier alpha value is -0.640. The lowest BCUT2D eigenvalue weighted by atomic mass is 10.1. The molecule has 0 spiro atoms. The molecule has 0 aliphatic heterocycles. The summed E-state index contributed by atoms with van der Waals surface area (Å²) >= 11 is 3.35. The molecule has 0 saturated heterocycles. The number of hydrogen-bond donors (Lipinski definition) is 1. The highest BCUT2D eigenvalue weighted by Crippen LogP contribution is 2.20. The minimum absolute atomic E-state index is 0.592. The smallest absolute Gasteiger partial charge is 0.130 e. The van der Waals surface area contributed by atoms with Gasteiger partial charge >= 0.3 is 0 Å². The fourth-order valence-electron chi connectivity index (χ4n) is 2.05. The van der Waals surface area contributed by atoms with Crippen LogP contribution in [0, 0.1) is 0 Å². The molecular formula is C11H16BrN3. The first kappa shape index (κ1) is 10.9. The second-order valence-electron chi connectivity index (χ2n) is 4.06. The third kappa shape index (κ3) is 3.45. The molecule has 1 aliphatic carbocycles. The molecule has 4 heteroatoms. The SMILES string of the molecule is Brc1cc(NC2CCCCCC2)ncn1. The van der Waals surface area contributed by atoms with Crippen molar-refractivity contribution in [2.75, 3.05) is 5.32 Å². The van der Waals surface area contributed by atoms with Crippen LogP contribution >= 0.6 is 15.9 Å². The molecule has 3 nitrogen and oxygen atoms in total. The molecule has 82 valence electrons. The molecule has 0 aromatic carbocycles. The molecule has 1 fully saturated rings. The Bertz CT molecular complexity index is 308. The van der Waals surface area contributed by atoms with Crippen LogP contribution in [-0.2, 0) is 0 Å². The minimum Gasteiger partial charge on any atom is -0.367 e. The van der Waals surface area contributed by atoms with Gasteiger partial charge in [0, 0.05) is 12.1 Å². The number of aromatic nitrogens is 2. The maximum atomic E-state index is 4.21. The average molecular weight is 270 g/mol. The zero-order valence-electron chi connectivity index (χ0n) is 8.75. The first-order valence-electron chi connectivity index (χ1n) is 5.59. The topological polar surface area (TPSA) is 37.8 Å². The summed E-state index contributed by atoms with van der Waals surface area (Å²) < 4.78 is 0.841. The van der Waals surface area contributed by atoms with E-state index >= 15 is 0 Å². The van der Waals surface area contributed by atoms with Gasteiger partial charge in [-0.25, -0.2) is 9.97 Å². The van der Waals surface area contributed by atoms with Gasteiger partial charge in [0.05, 0.1) is 0 Å². The van der Waals surface area contributed by atoms with Crippen LogP contribution in [0.3, 0.4) is 0 Å². The van der Waals surface area contributed by atoms with Crippen molar-refractivity contribution in [3.63, 3.8) is 0 Å². The highest BCUT2D eigenvalue weighted by molar-refractivity contribution is 9.10. The lowest BCUT2D eigenvalue weighted by molar-refractivity contribution is 0.617. The second kappa shape index (κ2) is 5.45. The number of anilines is 1. The van der Waals surface area contributed by atoms with E-state index in [0.717, 1.165) is 10.4 Å². The van der Waals surface area contributed by atoms with E-state index in [9.17, 15) is 0 Å². The molecule has 1 aromatic rings. The molecule has 1 aliphatic rings. The predicted molar refractivity (Wildman–Crippen MR) is 64.8 cm³/mol. The van der Waals surface area contributed by atoms with Gasteiger partial charge in [0.2, 0.25) is 0 Å². The molecular weight excluding hydrogens is 254 g/mol. The molecule has 15 heavy (non-hydrogen) atoms. The van der Waals surface area contributed by atoms with Crippen LogP contribution in [0.15, 0.2) is 17.0 Å². The summed E-state index contributed by atoms with van der Waals surface area (Å²) in [6.45, 7) is 0. The van der Waals surface area contributed by atoms with Gasteiger partial charge < -0.3 is 5.32 Å². The lowest BCUT2D eigenvalue weighted by Gasteiger charge is -2.16. The zero-order valence-corrected chi connectivity index (χ0v) is 10.3. The molecule has 0 radical (unpaired) electrons. The Morgan fingerprint density at radius 1 is 1.13 bits per heavy atom. The van der Waals surface area contributed by atoms with Crippen molar-refractivity contribution >= 4 is 21.7 Å². The van der Waals surface area contributed by atoms with Crippen molar-refractivity contribution in [2.24, 2.45) is 0 Å². The zero-order chi connectivity index (χ0) is 10.5. The highest BCUT2D eigenvalue weighted by Gasteiger charge is 2.12. The van der Waals surface area contributed by atoms with E-state index in [2.05, 4.69) is 31.2 Å². The largest absolute Gasteiger partial charge is 0.367 e. The van der Waals surface area contributed by atoms with Crippen LogP contribution in [0.4, 0.5) is 5.82 Å². The highest BCUT2D eigenvalue weighted by atomic mass is 79.9. The first-order chi connectivity index (χ1) is 7.34. The van der Waals surface area contributed by atoms with Gasteiger partial charge in [-0.15, -0.1) is 0 Å². The summed E-state index contributed by atoms with van der Waals surface area (Å²) in [7, 11) is 0. The van der Waals surface area contributed by atoms with Crippen molar-refractivity contribution in [2.45, 2.75) is 44.6 Å². The van der Waals surface area contributed by atoms with Crippen LogP contribution in [0.1, 0.15) is 38.5 Å². The molecule has 1 N–H and O–H groups in total. The van der Waals surface area contributed by atoms with Gasteiger partial charge in [-0.2, -0.15) is 0 Å². The maximum absolute atomic E-state index is 4.21. The van der Waals surface area contributed by atoms with E-state index in [0.29, 0.717) is 6.04 Å². The maximum Gasteiger partial charge on any atom is 0.130 e. The lowest BCUT2D eigenvalue weighted by Crippen LogP contribution is -2.18. The molecule has 0 bridgehead atoms. The van der Waals surface area contributed by atoms with Gasteiger partial charge in [-0.1, -0.05) is 25.7 Å². The van der Waals surface area contributed by atoms with Crippen molar-refractivity contribution in [3.05, 3.63) is 17.0 Å². The van der Waals surface area contributed by atoms with Gasteiger partial charge in [0.1, 0.15) is 16.7 Å². The fourth-order valence-corrected chi connectivity index (χ4v) is 2.35. The first-order valence-corrected chi connectivity index (χ1v) is 6.38. The van der Waals surface area contributed by atoms with Gasteiger partial charge in [-0.3, -0.25) is 0 Å². The molecule has 0 atom stereocenters. The van der Waals surface area contributed by atoms with Crippen LogP contribution in [0.5, 0.6) is 0 Å². The molecule has 0 unspecified atom stereocenters. The Morgan fingerprint density at radius 2 is 1.87 bits per heavy atom. The normalized spacial score (nSPS) is 18.5. The quantitative estimate of drug-likeness (QED) is 0.661. The van der Waals surface area contributed by atoms with E-state index in [4.69, 9.17) is 0 Å². The van der Waals surface area contributed by atoms with Crippen molar-refractivity contribution in [3.8, 4) is 0 Å². The second-order valence-corrected chi connectivity index (χ2v) is 4.87. The number of halogens is 1. The molecule has 2 rings (SSSR count). The third-order valence-corrected chi connectivity index (χ3v) is 3.27. The summed E-state index contributed by atoms with van der Waals surface area (Å²) in [4.78, 5) is 8.23. The van der Waals surface area contributed by atoms with E-state index < -0.39 is 0 Å². The Balaban J connectivity index is 1.95. The Morgan fingerprint density at radius 3 is 2.53 bits per heavy atom. The van der Waals surface area contributed by atoms with E-state index in [1.165, 1.54) is 38.5 Å². The summed E-state index contributed by atoms with van der Waals surface area (Å²) in [5.41, 5.74) is 0. The minimum atomic E-state index is 0.592. The van der Waals surface area contributed by atoms with Crippen molar-refractivity contribution in [1.82, 2.24) is 9.97 Å². The van der Waals surface area contributed by atoms with Crippen LogP contribution in [-0.4, -0.2) is 16.0 Å². The standard InChI is InChI=1S/C11H16BrN3/c12-10-7-11(14-8-13-10)15-9-5-3-1-2-4-6-9/h7-9H,1-6H2,(H,13,14,15). The van der Waals surface area contributed by atoms with Crippen LogP contribution in [0.25, 0.3) is 0 Å². The monoisotopic (exact) mass is 269 g/mol. The van der Waals surface area contributed by atoms with Gasteiger partial charge in [-0.05, 0) is 28.8 Å². The summed E-state index contributed by atoms with van der Waals surface area (Å²) in [6, 6.07) is 2.53. The van der Waals surface area contributed by atoms with Crippen molar-refractivity contribution < 1.29 is 0 Å². The Kier molecular flexibility index (Phi) is 3.94. The molecule has 1 saturated carbocycles. The van der Waals surface area contributed by atoms with Crippen LogP contribution in [0.2, 0.25) is 0 Å². The summed E-state index contributed by atoms with van der Waals surface area (Å²) in [5, 5.41) is 3.48. The molecule has 0 amide bonds. The third-order valence-electron chi connectivity index (χ3n) is 2.84. The van der Waals surface area contributed by atoms with E-state index in [1.54, 1.807) is 6.33 Å². The number of nitrogens with zero attached hydrogens (tertiary/aromatic N) is 2. The van der Waals surface area contributed by atoms with E-state index in [-0.39, 0.29) is 0 Å². The number of hydrogen-bond acceptors (Lipinski definition) is 3. The fraction of sp³-hybridized carbons (Fsp3) is 0.636. The van der Waals surface area contributed by atoms with E-state index in [1.807, 2.05) is 6.07 Å². The van der Waals surface area contributed by atoms with Crippen molar-refractivity contribution in [1.29, 1.82) is 0 Å². The number of nitrogens with one attached hydrogen (secondary N) is 1. The predicted octanol–water partition coefficient (Wildman–Crippen LogP) is 3.37. The molecule has 1 heterocycles. The Labute approximate surface area is 98.8 Å². The summed E-state index contributed by atoms with van der Waals surface area (Å²) in [6.07, 6.45) is 9.55. The van der Waals surface area contributed by atoms with Gasteiger partial charge in [0.15, 0.2) is 0 Å². The number of rotatable bonds is 2. The average Bonchev–Trinajstić information content (AvgIpc) is 2.46. The summed E-state index contributed by atoms with van der Waals surface area (Å²) in [5.74, 6) is 0.934.